The van der Waals surface area contributed by atoms with E-state index in [2.05, 4.69) is 12.2 Å². The van der Waals surface area contributed by atoms with Crippen LogP contribution in [0.4, 0.5) is 0 Å². The monoisotopic (exact) mass is 241 g/mol. The highest BCUT2D eigenvalue weighted by molar-refractivity contribution is 5.77. The van der Waals surface area contributed by atoms with Gasteiger partial charge < -0.3 is 10.4 Å². The van der Waals surface area contributed by atoms with Gasteiger partial charge in [0.15, 0.2) is 0 Å². The van der Waals surface area contributed by atoms with Crippen LogP contribution in [0.3, 0.4) is 0 Å². The van der Waals surface area contributed by atoms with E-state index in [0.717, 1.165) is 5.92 Å². The molecule has 4 heteroatoms. The smallest absolute Gasteiger partial charge is 0.303 e. The quantitative estimate of drug-likeness (QED) is 0.716. The summed E-state index contributed by atoms with van der Waals surface area (Å²) in [5, 5.41) is 11.6. The topological polar surface area (TPSA) is 66.4 Å². The Balaban J connectivity index is 2.25. The molecule has 1 atom stereocenters. The molecule has 1 fully saturated rings. The van der Waals surface area contributed by atoms with Gasteiger partial charge in [-0.3, -0.25) is 9.59 Å². The van der Waals surface area contributed by atoms with Crippen molar-refractivity contribution in [1.29, 1.82) is 0 Å². The Morgan fingerprint density at radius 3 is 2.41 bits per heavy atom. The SMILES string of the molecule is CC(CNC(=O)CC(C)(C)CC(=O)O)C1CC1. The van der Waals surface area contributed by atoms with E-state index in [4.69, 9.17) is 5.11 Å². The number of aliphatic carboxylic acids is 1. The summed E-state index contributed by atoms with van der Waals surface area (Å²) in [4.78, 5) is 22.3. The fourth-order valence-corrected chi connectivity index (χ4v) is 2.08. The number of carboxylic acid groups (broad SMARTS) is 1. The van der Waals surface area contributed by atoms with Crippen LogP contribution in [0, 0.1) is 17.3 Å². The van der Waals surface area contributed by atoms with Gasteiger partial charge >= 0.3 is 5.97 Å². The average Bonchev–Trinajstić information content (AvgIpc) is 2.93. The second kappa shape index (κ2) is 5.52. The van der Waals surface area contributed by atoms with Crippen LogP contribution in [-0.4, -0.2) is 23.5 Å². The first kappa shape index (κ1) is 14.0. The summed E-state index contributed by atoms with van der Waals surface area (Å²) >= 11 is 0. The van der Waals surface area contributed by atoms with Crippen molar-refractivity contribution in [3.63, 3.8) is 0 Å². The predicted octanol–water partition coefficient (Wildman–Crippen LogP) is 2.04. The van der Waals surface area contributed by atoms with Crippen molar-refractivity contribution < 1.29 is 14.7 Å². The number of carboxylic acids is 1. The normalized spacial score (nSPS) is 17.6. The summed E-state index contributed by atoms with van der Waals surface area (Å²) < 4.78 is 0. The molecule has 1 aliphatic carbocycles. The van der Waals surface area contributed by atoms with Crippen molar-refractivity contribution in [2.75, 3.05) is 6.54 Å². The molecule has 2 N–H and O–H groups in total. The van der Waals surface area contributed by atoms with Gasteiger partial charge in [0.2, 0.25) is 5.91 Å². The van der Waals surface area contributed by atoms with Gasteiger partial charge in [-0.15, -0.1) is 0 Å². The zero-order valence-electron chi connectivity index (χ0n) is 11.0. The minimum atomic E-state index is -0.853. The average molecular weight is 241 g/mol. The van der Waals surface area contributed by atoms with E-state index in [1.165, 1.54) is 12.8 Å². The number of carbonyl (C=O) groups excluding carboxylic acids is 1. The summed E-state index contributed by atoms with van der Waals surface area (Å²) in [6.45, 7) is 6.49. The molecule has 4 nitrogen and oxygen atoms in total. The maximum atomic E-state index is 11.7. The molecule has 17 heavy (non-hydrogen) atoms. The van der Waals surface area contributed by atoms with Crippen LogP contribution in [0.25, 0.3) is 0 Å². The molecule has 1 amide bonds. The van der Waals surface area contributed by atoms with Gasteiger partial charge in [0.05, 0.1) is 6.42 Å². The van der Waals surface area contributed by atoms with E-state index < -0.39 is 11.4 Å². The number of nitrogens with one attached hydrogen (secondary N) is 1. The first-order valence-corrected chi connectivity index (χ1v) is 6.29. The van der Waals surface area contributed by atoms with Crippen LogP contribution in [-0.2, 0) is 9.59 Å². The minimum Gasteiger partial charge on any atom is -0.481 e. The van der Waals surface area contributed by atoms with Crippen LogP contribution in [0.5, 0.6) is 0 Å². The Kier molecular flexibility index (Phi) is 4.54. The molecule has 0 aromatic carbocycles. The minimum absolute atomic E-state index is 0.0264. The van der Waals surface area contributed by atoms with E-state index in [1.807, 2.05) is 13.8 Å². The molecular formula is C13H23NO3. The third-order valence-electron chi connectivity index (χ3n) is 3.32. The third kappa shape index (κ3) is 5.71. The van der Waals surface area contributed by atoms with Crippen molar-refractivity contribution in [2.45, 2.75) is 46.5 Å². The molecular weight excluding hydrogens is 218 g/mol. The van der Waals surface area contributed by atoms with Crippen LogP contribution >= 0.6 is 0 Å². The molecule has 1 saturated carbocycles. The fourth-order valence-electron chi connectivity index (χ4n) is 2.08. The molecule has 1 aliphatic rings. The zero-order valence-corrected chi connectivity index (χ0v) is 11.0. The highest BCUT2D eigenvalue weighted by atomic mass is 16.4. The largest absolute Gasteiger partial charge is 0.481 e. The number of amides is 1. The number of carbonyl (C=O) groups is 2. The lowest BCUT2D eigenvalue weighted by Crippen LogP contribution is -2.33. The maximum absolute atomic E-state index is 11.7. The number of rotatable bonds is 7. The molecule has 0 aliphatic heterocycles. The Morgan fingerprint density at radius 2 is 1.94 bits per heavy atom. The third-order valence-corrected chi connectivity index (χ3v) is 3.32. The lowest BCUT2D eigenvalue weighted by atomic mass is 9.85. The molecule has 1 unspecified atom stereocenters. The second-order valence-corrected chi connectivity index (χ2v) is 6.03. The van der Waals surface area contributed by atoms with Gasteiger partial charge in [0, 0.05) is 13.0 Å². The Labute approximate surface area is 103 Å². The van der Waals surface area contributed by atoms with Crippen LogP contribution in [0.2, 0.25) is 0 Å². The fraction of sp³-hybridized carbons (Fsp3) is 0.846. The van der Waals surface area contributed by atoms with Gasteiger partial charge in [-0.1, -0.05) is 20.8 Å². The van der Waals surface area contributed by atoms with Crippen molar-refractivity contribution in [3.8, 4) is 0 Å². The lowest BCUT2D eigenvalue weighted by molar-refractivity contribution is -0.139. The number of hydrogen-bond donors (Lipinski definition) is 2. The summed E-state index contributed by atoms with van der Waals surface area (Å²) in [5.41, 5.74) is -0.473. The Bertz CT molecular complexity index is 295. The van der Waals surface area contributed by atoms with Crippen LogP contribution in [0.15, 0.2) is 0 Å². The van der Waals surface area contributed by atoms with Crippen LogP contribution in [0.1, 0.15) is 46.5 Å². The highest BCUT2D eigenvalue weighted by Gasteiger charge is 2.29. The highest BCUT2D eigenvalue weighted by Crippen LogP contribution is 2.36. The number of hydrogen-bond acceptors (Lipinski definition) is 2. The molecule has 1 rings (SSSR count). The molecule has 0 saturated heterocycles. The molecule has 98 valence electrons. The van der Waals surface area contributed by atoms with Crippen molar-refractivity contribution in [1.82, 2.24) is 5.32 Å². The molecule has 0 heterocycles. The molecule has 0 spiro atoms. The Morgan fingerprint density at radius 1 is 1.35 bits per heavy atom. The zero-order chi connectivity index (χ0) is 13.1. The van der Waals surface area contributed by atoms with Gasteiger partial charge in [-0.25, -0.2) is 0 Å². The van der Waals surface area contributed by atoms with Gasteiger partial charge in [0.25, 0.3) is 0 Å². The first-order valence-electron chi connectivity index (χ1n) is 6.29. The maximum Gasteiger partial charge on any atom is 0.303 e. The Hall–Kier alpha value is -1.06. The van der Waals surface area contributed by atoms with E-state index in [-0.39, 0.29) is 18.7 Å². The van der Waals surface area contributed by atoms with E-state index in [9.17, 15) is 9.59 Å². The van der Waals surface area contributed by atoms with Crippen LogP contribution < -0.4 is 5.32 Å². The van der Waals surface area contributed by atoms with E-state index in [0.29, 0.717) is 12.5 Å². The second-order valence-electron chi connectivity index (χ2n) is 6.03. The lowest BCUT2D eigenvalue weighted by Gasteiger charge is -2.22. The molecule has 0 aromatic rings. The predicted molar refractivity (Wildman–Crippen MR) is 65.5 cm³/mol. The summed E-state index contributed by atoms with van der Waals surface area (Å²) in [6, 6.07) is 0. The van der Waals surface area contributed by atoms with Crippen molar-refractivity contribution in [2.24, 2.45) is 17.3 Å². The van der Waals surface area contributed by atoms with Crippen molar-refractivity contribution in [3.05, 3.63) is 0 Å². The molecule has 0 aromatic heterocycles. The first-order chi connectivity index (χ1) is 7.80. The van der Waals surface area contributed by atoms with E-state index in [1.54, 1.807) is 0 Å². The molecule has 0 bridgehead atoms. The molecule has 0 radical (unpaired) electrons. The van der Waals surface area contributed by atoms with Gasteiger partial charge in [-0.2, -0.15) is 0 Å². The summed E-state index contributed by atoms with van der Waals surface area (Å²) in [6.07, 6.45) is 2.86. The van der Waals surface area contributed by atoms with E-state index >= 15 is 0 Å². The summed E-state index contributed by atoms with van der Waals surface area (Å²) in [5.74, 6) is 0.432. The van der Waals surface area contributed by atoms with Gasteiger partial charge in [0.1, 0.15) is 0 Å². The van der Waals surface area contributed by atoms with Gasteiger partial charge in [-0.05, 0) is 30.1 Å². The summed E-state index contributed by atoms with van der Waals surface area (Å²) in [7, 11) is 0. The van der Waals surface area contributed by atoms with Crippen molar-refractivity contribution >= 4 is 11.9 Å². The standard InChI is InChI=1S/C13H23NO3/c1-9(10-4-5-10)8-14-11(15)6-13(2,3)7-12(16)17/h9-10H,4-8H2,1-3H3,(H,14,15)(H,16,17).